The molecule has 1 atom stereocenters. The minimum Gasteiger partial charge on any atom is -0.327 e. The molecule has 0 aliphatic heterocycles. The van der Waals surface area contributed by atoms with Crippen molar-refractivity contribution >= 4 is 17.4 Å². The normalized spacial score (nSPS) is 12.4. The van der Waals surface area contributed by atoms with Crippen molar-refractivity contribution in [1.29, 1.82) is 0 Å². The molecule has 0 saturated carbocycles. The summed E-state index contributed by atoms with van der Waals surface area (Å²) >= 11 is 5.29. The van der Waals surface area contributed by atoms with Crippen molar-refractivity contribution < 1.29 is 9.18 Å². The van der Waals surface area contributed by atoms with Crippen LogP contribution in [0.3, 0.4) is 0 Å². The molecule has 108 valence electrons. The Morgan fingerprint density at radius 1 is 1.53 bits per heavy atom. The minimum absolute atomic E-state index is 0.00926. The van der Waals surface area contributed by atoms with Gasteiger partial charge in [-0.05, 0) is 19.3 Å². The maximum atomic E-state index is 12.2. The van der Waals surface area contributed by atoms with Crippen LogP contribution < -0.4 is 5.73 Å². The van der Waals surface area contributed by atoms with Crippen molar-refractivity contribution in [3.63, 3.8) is 0 Å². The quantitative estimate of drug-likeness (QED) is 0.850. The molecule has 0 amide bonds. The van der Waals surface area contributed by atoms with E-state index in [9.17, 15) is 9.18 Å². The molecule has 1 aromatic heterocycles. The van der Waals surface area contributed by atoms with Gasteiger partial charge in [-0.2, -0.15) is 0 Å². The van der Waals surface area contributed by atoms with E-state index in [1.54, 1.807) is 13.8 Å². The Morgan fingerprint density at radius 3 is 2.32 bits per heavy atom. The van der Waals surface area contributed by atoms with Gasteiger partial charge in [0.15, 0.2) is 11.0 Å². The molecule has 2 N–H and O–H groups in total. The molecule has 1 heterocycles. The van der Waals surface area contributed by atoms with E-state index >= 15 is 0 Å². The van der Waals surface area contributed by atoms with Gasteiger partial charge in [0.05, 0.1) is 6.20 Å². The van der Waals surface area contributed by atoms with Crippen LogP contribution in [0.15, 0.2) is 6.20 Å². The molecule has 6 heteroatoms. The largest absolute Gasteiger partial charge is 0.327 e. The van der Waals surface area contributed by atoms with Gasteiger partial charge in [-0.25, -0.2) is 14.4 Å². The molecule has 0 radical (unpaired) electrons. The van der Waals surface area contributed by atoms with Gasteiger partial charge in [-0.1, -0.05) is 32.4 Å². The van der Waals surface area contributed by atoms with Gasteiger partial charge in [0.25, 0.3) is 0 Å². The summed E-state index contributed by atoms with van der Waals surface area (Å²) in [4.78, 5) is 17.7. The second kappa shape index (κ2) is 7.50. The van der Waals surface area contributed by atoms with E-state index in [2.05, 4.69) is 9.97 Å². The highest BCUT2D eigenvalue weighted by Gasteiger charge is 2.21. The van der Waals surface area contributed by atoms with Crippen molar-refractivity contribution in [2.75, 3.05) is 0 Å². The number of aryl methyl sites for hydroxylation is 1. The smallest absolute Gasteiger partial charge is 0.178 e. The molecule has 0 bridgehead atoms. The maximum Gasteiger partial charge on any atom is 0.178 e. The number of nitrogens with two attached hydrogens (primary N) is 1. The Balaban J connectivity index is 0.000000342. The fraction of sp³-hybridized carbons (Fsp3) is 0.615. The van der Waals surface area contributed by atoms with E-state index in [-0.39, 0.29) is 22.4 Å². The van der Waals surface area contributed by atoms with Gasteiger partial charge in [0.1, 0.15) is 11.6 Å². The molecule has 0 unspecified atom stereocenters. The van der Waals surface area contributed by atoms with Gasteiger partial charge >= 0.3 is 0 Å². The summed E-state index contributed by atoms with van der Waals surface area (Å²) in [5, 5.41) is -0.123. The molecular weight excluding hydrogens is 269 g/mol. The number of Topliss-reactive ketones (excluding diaryl/α,β-unsaturated/α-hetero) is 1. The van der Waals surface area contributed by atoms with Gasteiger partial charge < -0.3 is 5.73 Å². The van der Waals surface area contributed by atoms with Crippen molar-refractivity contribution in [3.8, 4) is 0 Å². The average molecular weight is 290 g/mol. The highest BCUT2D eigenvalue weighted by Crippen LogP contribution is 2.19. The third-order valence-electron chi connectivity index (χ3n) is 2.44. The van der Waals surface area contributed by atoms with Crippen molar-refractivity contribution in [3.05, 3.63) is 23.0 Å². The summed E-state index contributed by atoms with van der Waals surface area (Å²) in [6, 6.07) is -0.00926. The molecule has 1 aromatic rings. The summed E-state index contributed by atoms with van der Waals surface area (Å²) in [5.41, 5.74) is 5.78. The molecule has 4 nitrogen and oxygen atoms in total. The zero-order valence-electron chi connectivity index (χ0n) is 12.0. The van der Waals surface area contributed by atoms with Gasteiger partial charge in [-0.3, -0.25) is 4.79 Å². The Morgan fingerprint density at radius 2 is 2.05 bits per heavy atom. The van der Waals surface area contributed by atoms with Crippen LogP contribution in [0.2, 0.25) is 5.15 Å². The predicted molar refractivity (Wildman–Crippen MR) is 74.5 cm³/mol. The number of carbonyl (C=O) groups is 1. The first-order valence-corrected chi connectivity index (χ1v) is 6.31. The first-order valence-electron chi connectivity index (χ1n) is 5.93. The summed E-state index contributed by atoms with van der Waals surface area (Å²) in [7, 11) is 0. The third kappa shape index (κ3) is 7.85. The van der Waals surface area contributed by atoms with Crippen molar-refractivity contribution in [2.24, 2.45) is 11.1 Å². The number of ketones is 1. The fourth-order valence-electron chi connectivity index (χ4n) is 1.04. The highest BCUT2D eigenvalue weighted by atomic mass is 35.5. The molecule has 0 spiro atoms. The second-order valence-electron chi connectivity index (χ2n) is 5.43. The van der Waals surface area contributed by atoms with E-state index < -0.39 is 5.82 Å². The Labute approximate surface area is 118 Å². The second-order valence-corrected chi connectivity index (χ2v) is 5.79. The van der Waals surface area contributed by atoms with Crippen LogP contribution in [-0.2, 0) is 4.79 Å². The fourth-order valence-corrected chi connectivity index (χ4v) is 1.21. The van der Waals surface area contributed by atoms with E-state index in [0.717, 1.165) is 6.20 Å². The van der Waals surface area contributed by atoms with E-state index in [1.165, 1.54) is 0 Å². The standard InChI is InChI=1S/C8H17NO.C5H4ClFN2/c1-6(10)5-7(9)8(2,3)4;1-3-8-2-4(7)5(6)9-3/h7H,5,9H2,1-4H3;2H,1H3/t7-;/m1./s1. The van der Waals surface area contributed by atoms with Crippen LogP contribution in [0.5, 0.6) is 0 Å². The van der Waals surface area contributed by atoms with Gasteiger partial charge in [0.2, 0.25) is 0 Å². The van der Waals surface area contributed by atoms with E-state index in [0.29, 0.717) is 12.2 Å². The molecular formula is C13H21ClFN3O. The van der Waals surface area contributed by atoms with Gasteiger partial charge in [0, 0.05) is 12.5 Å². The van der Waals surface area contributed by atoms with Crippen LogP contribution in [0.25, 0.3) is 0 Å². The number of hydrogen-bond donors (Lipinski definition) is 1. The summed E-state index contributed by atoms with van der Waals surface area (Å²) in [5.74, 6) is 0.0612. The number of rotatable bonds is 2. The predicted octanol–water partition coefficient (Wildman–Crippen LogP) is 2.92. The lowest BCUT2D eigenvalue weighted by molar-refractivity contribution is -0.117. The van der Waals surface area contributed by atoms with E-state index in [1.807, 2.05) is 20.8 Å². The van der Waals surface area contributed by atoms with Crippen LogP contribution >= 0.6 is 11.6 Å². The highest BCUT2D eigenvalue weighted by molar-refractivity contribution is 6.29. The monoisotopic (exact) mass is 289 g/mol. The lowest BCUT2D eigenvalue weighted by Gasteiger charge is -2.25. The lowest BCUT2D eigenvalue weighted by atomic mass is 9.85. The van der Waals surface area contributed by atoms with E-state index in [4.69, 9.17) is 17.3 Å². The zero-order chi connectivity index (χ0) is 15.2. The van der Waals surface area contributed by atoms with Crippen LogP contribution in [0.4, 0.5) is 4.39 Å². The Hall–Kier alpha value is -1.07. The molecule has 19 heavy (non-hydrogen) atoms. The lowest BCUT2D eigenvalue weighted by Crippen LogP contribution is -2.36. The summed E-state index contributed by atoms with van der Waals surface area (Å²) in [6.07, 6.45) is 1.54. The summed E-state index contributed by atoms with van der Waals surface area (Å²) < 4.78 is 12.2. The van der Waals surface area contributed by atoms with Crippen molar-refractivity contribution in [1.82, 2.24) is 9.97 Å². The first-order chi connectivity index (χ1) is 8.54. The Bertz CT molecular complexity index is 432. The Kier molecular flexibility index (Phi) is 7.08. The van der Waals surface area contributed by atoms with Crippen LogP contribution in [-0.4, -0.2) is 21.8 Å². The molecule has 0 aliphatic rings. The molecule has 1 rings (SSSR count). The maximum absolute atomic E-state index is 12.2. The molecule has 0 aromatic carbocycles. The number of nitrogens with zero attached hydrogens (tertiary/aromatic N) is 2. The number of aromatic nitrogens is 2. The first kappa shape index (κ1) is 17.9. The van der Waals surface area contributed by atoms with Crippen molar-refractivity contribution in [2.45, 2.75) is 47.1 Å². The topological polar surface area (TPSA) is 68.9 Å². The minimum atomic E-state index is -0.581. The van der Waals surface area contributed by atoms with Crippen LogP contribution in [0, 0.1) is 18.2 Å². The van der Waals surface area contributed by atoms with Gasteiger partial charge in [-0.15, -0.1) is 0 Å². The summed E-state index contributed by atoms with van der Waals surface area (Å²) in [6.45, 7) is 9.35. The number of hydrogen-bond acceptors (Lipinski definition) is 4. The zero-order valence-corrected chi connectivity index (χ0v) is 12.8. The third-order valence-corrected chi connectivity index (χ3v) is 2.71. The number of carbonyl (C=O) groups excluding carboxylic acids is 1. The average Bonchev–Trinajstić information content (AvgIpc) is 2.22. The molecule has 0 saturated heterocycles. The number of halogens is 2. The molecule has 0 aliphatic carbocycles. The molecule has 0 fully saturated rings. The SMILES string of the molecule is CC(=O)C[C@@H](N)C(C)(C)C.Cc1ncc(F)c(Cl)n1. The van der Waals surface area contributed by atoms with Crippen LogP contribution in [0.1, 0.15) is 39.9 Å².